The number of fused-ring (bicyclic) bond motifs is 1. The standard InChI is InChI=1S/C22H24N2O3S/c1-14-9-10-17(11-15(14)2)12-21(26)27-13-20(25)24(4)16(3)22-23-18-7-5-6-8-19(18)28-22/h5-11,16H,12-13H2,1-4H3/t16-/m1/s1. The van der Waals surface area contributed by atoms with Gasteiger partial charge < -0.3 is 9.64 Å². The van der Waals surface area contributed by atoms with Gasteiger partial charge in [0.1, 0.15) is 5.01 Å². The maximum absolute atomic E-state index is 12.5. The molecule has 2 aromatic carbocycles. The highest BCUT2D eigenvalue weighted by molar-refractivity contribution is 7.18. The molecule has 5 nitrogen and oxygen atoms in total. The molecule has 3 aromatic rings. The first-order valence-corrected chi connectivity index (χ1v) is 9.99. The van der Waals surface area contributed by atoms with Gasteiger partial charge in [-0.25, -0.2) is 4.98 Å². The Bertz CT molecular complexity index is 979. The number of nitrogens with zero attached hydrogens (tertiary/aromatic N) is 2. The lowest BCUT2D eigenvalue weighted by Gasteiger charge is -2.23. The number of amides is 1. The average molecular weight is 397 g/mol. The van der Waals surface area contributed by atoms with E-state index in [0.29, 0.717) is 0 Å². The molecule has 1 aromatic heterocycles. The summed E-state index contributed by atoms with van der Waals surface area (Å²) >= 11 is 1.57. The van der Waals surface area contributed by atoms with Crippen molar-refractivity contribution in [3.63, 3.8) is 0 Å². The van der Waals surface area contributed by atoms with Crippen LogP contribution in [0.25, 0.3) is 10.2 Å². The highest BCUT2D eigenvalue weighted by Gasteiger charge is 2.21. The van der Waals surface area contributed by atoms with Crippen LogP contribution in [0, 0.1) is 13.8 Å². The van der Waals surface area contributed by atoms with Crippen molar-refractivity contribution in [2.45, 2.75) is 33.2 Å². The number of aryl methyl sites for hydroxylation is 2. The van der Waals surface area contributed by atoms with Gasteiger partial charge in [0, 0.05) is 7.05 Å². The second-order valence-corrected chi connectivity index (χ2v) is 8.02. The van der Waals surface area contributed by atoms with Gasteiger partial charge in [-0.3, -0.25) is 9.59 Å². The number of ether oxygens (including phenoxy) is 1. The molecule has 0 radical (unpaired) electrons. The van der Waals surface area contributed by atoms with E-state index >= 15 is 0 Å². The lowest BCUT2D eigenvalue weighted by molar-refractivity contribution is -0.151. The van der Waals surface area contributed by atoms with E-state index in [2.05, 4.69) is 4.98 Å². The number of hydrogen-bond acceptors (Lipinski definition) is 5. The fraction of sp³-hybridized carbons (Fsp3) is 0.318. The minimum Gasteiger partial charge on any atom is -0.455 e. The van der Waals surface area contributed by atoms with Gasteiger partial charge in [-0.05, 0) is 49.6 Å². The highest BCUT2D eigenvalue weighted by atomic mass is 32.1. The molecule has 0 spiro atoms. The van der Waals surface area contributed by atoms with Crippen LogP contribution in [0.15, 0.2) is 42.5 Å². The van der Waals surface area contributed by atoms with E-state index in [-0.39, 0.29) is 25.0 Å². The summed E-state index contributed by atoms with van der Waals surface area (Å²) in [4.78, 5) is 30.7. The Morgan fingerprint density at radius 3 is 2.61 bits per heavy atom. The largest absolute Gasteiger partial charge is 0.455 e. The van der Waals surface area contributed by atoms with Crippen LogP contribution in [-0.4, -0.2) is 35.4 Å². The van der Waals surface area contributed by atoms with Gasteiger partial charge in [-0.15, -0.1) is 11.3 Å². The second-order valence-electron chi connectivity index (χ2n) is 6.96. The number of para-hydroxylation sites is 1. The van der Waals surface area contributed by atoms with E-state index in [4.69, 9.17) is 4.74 Å². The molecule has 1 atom stereocenters. The summed E-state index contributed by atoms with van der Waals surface area (Å²) in [7, 11) is 1.70. The number of benzene rings is 2. The maximum atomic E-state index is 12.5. The summed E-state index contributed by atoms with van der Waals surface area (Å²) in [6, 6.07) is 13.6. The van der Waals surface area contributed by atoms with E-state index in [0.717, 1.165) is 26.4 Å². The van der Waals surface area contributed by atoms with E-state index in [1.54, 1.807) is 23.3 Å². The van der Waals surface area contributed by atoms with Crippen LogP contribution in [0.2, 0.25) is 0 Å². The first-order valence-electron chi connectivity index (χ1n) is 9.18. The first kappa shape index (κ1) is 20.0. The van der Waals surface area contributed by atoms with Gasteiger partial charge in [-0.1, -0.05) is 30.3 Å². The van der Waals surface area contributed by atoms with Gasteiger partial charge in [0.2, 0.25) is 0 Å². The number of rotatable bonds is 6. The average Bonchev–Trinajstić information content (AvgIpc) is 3.12. The quantitative estimate of drug-likeness (QED) is 0.586. The van der Waals surface area contributed by atoms with Crippen molar-refractivity contribution >= 4 is 33.4 Å². The number of carbonyl (C=O) groups is 2. The Labute approximate surface area is 169 Å². The Morgan fingerprint density at radius 2 is 1.89 bits per heavy atom. The summed E-state index contributed by atoms with van der Waals surface area (Å²) in [6.07, 6.45) is 0.158. The number of thiazole rings is 1. The van der Waals surface area contributed by atoms with Gasteiger partial charge >= 0.3 is 5.97 Å². The molecule has 28 heavy (non-hydrogen) atoms. The molecule has 0 aliphatic carbocycles. The number of aromatic nitrogens is 1. The normalized spacial score (nSPS) is 12.0. The van der Waals surface area contributed by atoms with Crippen molar-refractivity contribution < 1.29 is 14.3 Å². The monoisotopic (exact) mass is 396 g/mol. The second kappa shape index (κ2) is 8.52. The van der Waals surface area contributed by atoms with Gasteiger partial charge in [-0.2, -0.15) is 0 Å². The third-order valence-corrected chi connectivity index (χ3v) is 6.13. The smallest absolute Gasteiger partial charge is 0.310 e. The Balaban J connectivity index is 1.55. The third-order valence-electron chi connectivity index (χ3n) is 4.92. The summed E-state index contributed by atoms with van der Waals surface area (Å²) in [5, 5.41) is 0.860. The van der Waals surface area contributed by atoms with Crippen molar-refractivity contribution in [2.75, 3.05) is 13.7 Å². The SMILES string of the molecule is Cc1ccc(CC(=O)OCC(=O)N(C)[C@H](C)c2nc3ccccc3s2)cc1C. The van der Waals surface area contributed by atoms with Crippen molar-refractivity contribution in [2.24, 2.45) is 0 Å². The number of hydrogen-bond donors (Lipinski definition) is 0. The van der Waals surface area contributed by atoms with Crippen molar-refractivity contribution in [1.82, 2.24) is 9.88 Å². The number of carbonyl (C=O) groups excluding carboxylic acids is 2. The molecule has 1 amide bonds. The van der Waals surface area contributed by atoms with E-state index in [1.807, 2.05) is 63.2 Å². The lowest BCUT2D eigenvalue weighted by Crippen LogP contribution is -2.33. The zero-order valence-corrected chi connectivity index (χ0v) is 17.4. The Morgan fingerprint density at radius 1 is 1.14 bits per heavy atom. The molecule has 0 N–H and O–H groups in total. The lowest BCUT2D eigenvalue weighted by atomic mass is 10.0. The van der Waals surface area contributed by atoms with Crippen molar-refractivity contribution in [1.29, 1.82) is 0 Å². The summed E-state index contributed by atoms with van der Waals surface area (Å²) in [5.41, 5.74) is 4.12. The molecule has 3 rings (SSSR count). The zero-order valence-electron chi connectivity index (χ0n) is 16.6. The molecule has 0 fully saturated rings. The first-order chi connectivity index (χ1) is 13.3. The van der Waals surface area contributed by atoms with E-state index in [9.17, 15) is 9.59 Å². The summed E-state index contributed by atoms with van der Waals surface area (Å²) in [6.45, 7) is 5.69. The van der Waals surface area contributed by atoms with E-state index in [1.165, 1.54) is 5.56 Å². The van der Waals surface area contributed by atoms with Crippen LogP contribution >= 0.6 is 11.3 Å². The fourth-order valence-electron chi connectivity index (χ4n) is 2.83. The van der Waals surface area contributed by atoms with Crippen molar-refractivity contribution in [3.8, 4) is 0 Å². The predicted molar refractivity (Wildman–Crippen MR) is 111 cm³/mol. The van der Waals surface area contributed by atoms with Gasteiger partial charge in [0.25, 0.3) is 5.91 Å². The predicted octanol–water partition coefficient (Wildman–Crippen LogP) is 4.22. The molecular weight excluding hydrogens is 372 g/mol. The zero-order chi connectivity index (χ0) is 20.3. The number of esters is 1. The minimum absolute atomic E-state index is 0.158. The molecule has 0 unspecified atom stereocenters. The maximum Gasteiger partial charge on any atom is 0.310 e. The fourth-order valence-corrected chi connectivity index (χ4v) is 3.89. The van der Waals surface area contributed by atoms with E-state index < -0.39 is 5.97 Å². The number of likely N-dealkylation sites (N-methyl/N-ethyl adjacent to an activating group) is 1. The van der Waals surface area contributed by atoms with Crippen LogP contribution in [-0.2, 0) is 20.7 Å². The molecule has 0 saturated heterocycles. The molecule has 1 heterocycles. The van der Waals surface area contributed by atoms with Crippen molar-refractivity contribution in [3.05, 3.63) is 64.2 Å². The van der Waals surface area contributed by atoms with Gasteiger partial charge in [0.15, 0.2) is 6.61 Å². The Kier molecular flexibility index (Phi) is 6.09. The van der Waals surface area contributed by atoms with Gasteiger partial charge in [0.05, 0.1) is 22.7 Å². The summed E-state index contributed by atoms with van der Waals surface area (Å²) in [5.74, 6) is -0.655. The third kappa shape index (κ3) is 4.57. The molecule has 0 aliphatic heterocycles. The van der Waals surface area contributed by atoms with Crippen LogP contribution in [0.4, 0.5) is 0 Å². The Hall–Kier alpha value is -2.73. The summed E-state index contributed by atoms with van der Waals surface area (Å²) < 4.78 is 6.28. The van der Waals surface area contributed by atoms with Crippen LogP contribution in [0.1, 0.15) is 34.7 Å². The molecule has 0 bridgehead atoms. The molecule has 6 heteroatoms. The molecule has 146 valence electrons. The minimum atomic E-state index is -0.405. The van der Waals surface area contributed by atoms with Crippen LogP contribution in [0.3, 0.4) is 0 Å². The highest BCUT2D eigenvalue weighted by Crippen LogP contribution is 2.28. The molecule has 0 saturated carbocycles. The topological polar surface area (TPSA) is 59.5 Å². The van der Waals surface area contributed by atoms with Crippen LogP contribution in [0.5, 0.6) is 0 Å². The molecule has 0 aliphatic rings. The molecular formula is C22H24N2O3S. The van der Waals surface area contributed by atoms with Crippen LogP contribution < -0.4 is 0 Å².